The summed E-state index contributed by atoms with van der Waals surface area (Å²) in [5, 5.41) is 12.6. The van der Waals surface area contributed by atoms with Crippen LogP contribution in [0.5, 0.6) is 11.5 Å². The molecule has 0 aliphatic heterocycles. The third-order valence-corrected chi connectivity index (χ3v) is 3.38. The summed E-state index contributed by atoms with van der Waals surface area (Å²) in [7, 11) is 1.42. The van der Waals surface area contributed by atoms with Crippen LogP contribution >= 0.6 is 0 Å². The number of amides is 1. The molecule has 0 bridgehead atoms. The number of nitrogens with zero attached hydrogens (tertiary/aromatic N) is 1. The van der Waals surface area contributed by atoms with Gasteiger partial charge >= 0.3 is 5.97 Å². The van der Waals surface area contributed by atoms with Gasteiger partial charge in [0, 0.05) is 5.56 Å². The number of aliphatic carboxylic acids is 1. The van der Waals surface area contributed by atoms with Gasteiger partial charge in [-0.1, -0.05) is 12.1 Å². The summed E-state index contributed by atoms with van der Waals surface area (Å²) in [5.41, 5.74) is 3.23. The molecule has 0 unspecified atom stereocenters. The SMILES string of the molecule is COc1cc(C(C)=NNC(=O)c2ccccc2F)ccc1OCC(=O)O. The number of benzene rings is 2. The van der Waals surface area contributed by atoms with Crippen LogP contribution in [-0.2, 0) is 4.79 Å². The summed E-state index contributed by atoms with van der Waals surface area (Å²) in [5.74, 6) is -1.83. The summed E-state index contributed by atoms with van der Waals surface area (Å²) in [6, 6.07) is 10.3. The van der Waals surface area contributed by atoms with Crippen LogP contribution in [-0.4, -0.2) is 36.4 Å². The minimum atomic E-state index is -1.11. The van der Waals surface area contributed by atoms with Crippen LogP contribution in [0.25, 0.3) is 0 Å². The highest BCUT2D eigenvalue weighted by Gasteiger charge is 2.12. The molecule has 0 radical (unpaired) electrons. The summed E-state index contributed by atoms with van der Waals surface area (Å²) in [4.78, 5) is 22.6. The number of hydrogen-bond acceptors (Lipinski definition) is 5. The number of carbonyl (C=O) groups is 2. The smallest absolute Gasteiger partial charge is 0.341 e. The number of carbonyl (C=O) groups excluding carboxylic acids is 1. The van der Waals surface area contributed by atoms with Crippen LogP contribution in [0.2, 0.25) is 0 Å². The monoisotopic (exact) mass is 360 g/mol. The van der Waals surface area contributed by atoms with Crippen molar-refractivity contribution in [2.24, 2.45) is 5.10 Å². The van der Waals surface area contributed by atoms with Crippen molar-refractivity contribution in [2.45, 2.75) is 6.92 Å². The van der Waals surface area contributed by atoms with E-state index < -0.39 is 24.3 Å². The van der Waals surface area contributed by atoms with Gasteiger partial charge in [0.15, 0.2) is 18.1 Å². The number of hydrazone groups is 1. The van der Waals surface area contributed by atoms with E-state index in [1.54, 1.807) is 25.1 Å². The zero-order valence-corrected chi connectivity index (χ0v) is 14.2. The van der Waals surface area contributed by atoms with Gasteiger partial charge in [0.2, 0.25) is 0 Å². The Balaban J connectivity index is 2.14. The first-order valence-electron chi connectivity index (χ1n) is 7.54. The highest BCUT2D eigenvalue weighted by molar-refractivity contribution is 6.01. The molecule has 1 amide bonds. The third kappa shape index (κ3) is 4.79. The Labute approximate surface area is 149 Å². The van der Waals surface area contributed by atoms with Gasteiger partial charge in [-0.05, 0) is 37.3 Å². The van der Waals surface area contributed by atoms with E-state index in [0.717, 1.165) is 0 Å². The molecule has 0 aliphatic rings. The lowest BCUT2D eigenvalue weighted by Gasteiger charge is -2.11. The summed E-state index contributed by atoms with van der Waals surface area (Å²) in [6.45, 7) is 1.15. The van der Waals surface area contributed by atoms with E-state index in [1.807, 2.05) is 0 Å². The van der Waals surface area contributed by atoms with E-state index in [4.69, 9.17) is 14.6 Å². The van der Waals surface area contributed by atoms with Gasteiger partial charge in [0.1, 0.15) is 5.82 Å². The number of rotatable bonds is 7. The zero-order valence-electron chi connectivity index (χ0n) is 14.2. The Morgan fingerprint density at radius 3 is 2.58 bits per heavy atom. The molecule has 0 atom stereocenters. The molecule has 2 rings (SSSR count). The van der Waals surface area contributed by atoms with Gasteiger partial charge < -0.3 is 14.6 Å². The lowest BCUT2D eigenvalue weighted by atomic mass is 10.1. The molecule has 0 saturated carbocycles. The molecule has 0 saturated heterocycles. The van der Waals surface area contributed by atoms with Crippen LogP contribution < -0.4 is 14.9 Å². The second-order valence-corrected chi connectivity index (χ2v) is 5.17. The fourth-order valence-corrected chi connectivity index (χ4v) is 2.06. The van der Waals surface area contributed by atoms with Crippen molar-refractivity contribution in [3.63, 3.8) is 0 Å². The van der Waals surface area contributed by atoms with Crippen LogP contribution in [0.1, 0.15) is 22.8 Å². The maximum absolute atomic E-state index is 13.6. The first kappa shape index (κ1) is 18.9. The average Bonchev–Trinajstić information content (AvgIpc) is 2.64. The van der Waals surface area contributed by atoms with Gasteiger partial charge in [-0.3, -0.25) is 4.79 Å². The molecule has 7 nitrogen and oxygen atoms in total. The molecule has 2 aromatic carbocycles. The number of carboxylic acids is 1. The molecule has 0 aromatic heterocycles. The van der Waals surface area contributed by atoms with Crippen molar-refractivity contribution in [3.8, 4) is 11.5 Å². The molecule has 2 aromatic rings. The quantitative estimate of drug-likeness (QED) is 0.584. The molecule has 26 heavy (non-hydrogen) atoms. The first-order valence-corrected chi connectivity index (χ1v) is 7.54. The summed E-state index contributed by atoms with van der Waals surface area (Å²) >= 11 is 0. The van der Waals surface area contributed by atoms with Crippen molar-refractivity contribution < 1.29 is 28.6 Å². The maximum atomic E-state index is 13.6. The van der Waals surface area contributed by atoms with E-state index in [9.17, 15) is 14.0 Å². The minimum Gasteiger partial charge on any atom is -0.493 e. The molecular formula is C18H17FN2O5. The maximum Gasteiger partial charge on any atom is 0.341 e. The second-order valence-electron chi connectivity index (χ2n) is 5.17. The van der Waals surface area contributed by atoms with E-state index in [0.29, 0.717) is 17.0 Å². The summed E-state index contributed by atoms with van der Waals surface area (Å²) < 4.78 is 23.9. The molecule has 0 fully saturated rings. The highest BCUT2D eigenvalue weighted by Crippen LogP contribution is 2.28. The normalized spacial score (nSPS) is 11.0. The van der Waals surface area contributed by atoms with Crippen LogP contribution in [0.3, 0.4) is 0 Å². The molecule has 0 heterocycles. The average molecular weight is 360 g/mol. The predicted octanol–water partition coefficient (Wildman–Crippen LogP) is 2.45. The Bertz CT molecular complexity index is 851. The lowest BCUT2D eigenvalue weighted by Crippen LogP contribution is -2.20. The number of carboxylic acid groups (broad SMARTS) is 1. The van der Waals surface area contributed by atoms with Gasteiger partial charge in [0.05, 0.1) is 18.4 Å². The van der Waals surface area contributed by atoms with Crippen molar-refractivity contribution in [2.75, 3.05) is 13.7 Å². The van der Waals surface area contributed by atoms with Crippen LogP contribution in [0, 0.1) is 5.82 Å². The Morgan fingerprint density at radius 1 is 1.19 bits per heavy atom. The number of nitrogens with one attached hydrogen (secondary N) is 1. The van der Waals surface area contributed by atoms with Gasteiger partial charge in [0.25, 0.3) is 5.91 Å². The van der Waals surface area contributed by atoms with Crippen molar-refractivity contribution >= 4 is 17.6 Å². The topological polar surface area (TPSA) is 97.2 Å². The van der Waals surface area contributed by atoms with E-state index in [-0.39, 0.29) is 11.3 Å². The number of ether oxygens (including phenoxy) is 2. The number of methoxy groups -OCH3 is 1. The Kier molecular flexibility index (Phi) is 6.26. The van der Waals surface area contributed by atoms with Gasteiger partial charge in [-0.15, -0.1) is 0 Å². The fraction of sp³-hybridized carbons (Fsp3) is 0.167. The van der Waals surface area contributed by atoms with E-state index in [1.165, 1.54) is 31.4 Å². The lowest BCUT2D eigenvalue weighted by molar-refractivity contribution is -0.139. The predicted molar refractivity (Wildman–Crippen MR) is 92.2 cm³/mol. The van der Waals surface area contributed by atoms with Crippen molar-refractivity contribution in [1.82, 2.24) is 5.43 Å². The standard InChI is InChI=1S/C18H17FN2O5/c1-11(20-21-18(24)13-5-3-4-6-14(13)19)12-7-8-15(16(9-12)25-2)26-10-17(22)23/h3-9H,10H2,1-2H3,(H,21,24)(H,22,23). The van der Waals surface area contributed by atoms with E-state index >= 15 is 0 Å². The van der Waals surface area contributed by atoms with Gasteiger partial charge in [-0.2, -0.15) is 5.10 Å². The molecule has 0 spiro atoms. The first-order chi connectivity index (χ1) is 12.4. The Hall–Kier alpha value is -3.42. The number of halogens is 1. The fourth-order valence-electron chi connectivity index (χ4n) is 2.06. The molecule has 2 N–H and O–H groups in total. The summed E-state index contributed by atoms with van der Waals surface area (Å²) in [6.07, 6.45) is 0. The molecule has 0 aliphatic carbocycles. The molecular weight excluding hydrogens is 343 g/mol. The number of hydrogen-bond donors (Lipinski definition) is 2. The van der Waals surface area contributed by atoms with Crippen molar-refractivity contribution in [1.29, 1.82) is 0 Å². The molecule has 136 valence electrons. The zero-order chi connectivity index (χ0) is 19.1. The largest absolute Gasteiger partial charge is 0.493 e. The third-order valence-electron chi connectivity index (χ3n) is 3.38. The van der Waals surface area contributed by atoms with Crippen LogP contribution in [0.15, 0.2) is 47.6 Å². The second kappa shape index (κ2) is 8.61. The van der Waals surface area contributed by atoms with Crippen molar-refractivity contribution in [3.05, 3.63) is 59.4 Å². The van der Waals surface area contributed by atoms with Crippen LogP contribution in [0.4, 0.5) is 4.39 Å². The minimum absolute atomic E-state index is 0.112. The molecule has 8 heteroatoms. The highest BCUT2D eigenvalue weighted by atomic mass is 19.1. The Morgan fingerprint density at radius 2 is 1.92 bits per heavy atom. The van der Waals surface area contributed by atoms with E-state index in [2.05, 4.69) is 10.5 Å². The van der Waals surface area contributed by atoms with Gasteiger partial charge in [-0.25, -0.2) is 14.6 Å².